The normalized spacial score (nSPS) is 17.1. The largest absolute Gasteiger partial charge is 0.493 e. The summed E-state index contributed by atoms with van der Waals surface area (Å²) < 4.78 is 5.65. The number of hydrogen-bond acceptors (Lipinski definition) is 2. The Kier molecular flexibility index (Phi) is 3.55. The van der Waals surface area contributed by atoms with Crippen LogP contribution in [0.15, 0.2) is 48.5 Å². The fraction of sp³-hybridized carbons (Fsp3) is 0.278. The van der Waals surface area contributed by atoms with E-state index in [1.54, 1.807) is 0 Å². The molecule has 0 aliphatic carbocycles. The molecule has 0 aromatic heterocycles. The highest BCUT2D eigenvalue weighted by atomic mass is 16.5. The second-order valence-corrected chi connectivity index (χ2v) is 5.31. The van der Waals surface area contributed by atoms with Crippen molar-refractivity contribution in [2.45, 2.75) is 25.7 Å². The van der Waals surface area contributed by atoms with Gasteiger partial charge in [-0.05, 0) is 36.5 Å². The van der Waals surface area contributed by atoms with Crippen LogP contribution in [0.2, 0.25) is 0 Å². The van der Waals surface area contributed by atoms with Crippen LogP contribution in [0, 0.1) is 6.92 Å². The Balaban J connectivity index is 1.83. The first-order valence-electron chi connectivity index (χ1n) is 7.06. The lowest BCUT2D eigenvalue weighted by atomic mass is 9.86. The highest BCUT2D eigenvalue weighted by Crippen LogP contribution is 2.36. The van der Waals surface area contributed by atoms with Crippen molar-refractivity contribution in [2.24, 2.45) is 0 Å². The average Bonchev–Trinajstić information content (AvgIpc) is 2.48. The lowest BCUT2D eigenvalue weighted by Gasteiger charge is -2.25. The first-order chi connectivity index (χ1) is 9.75. The van der Waals surface area contributed by atoms with E-state index in [1.807, 2.05) is 49.4 Å². The van der Waals surface area contributed by atoms with E-state index in [1.165, 1.54) is 5.56 Å². The molecule has 0 amide bonds. The molecule has 1 aliphatic rings. The third-order valence-corrected chi connectivity index (χ3v) is 3.96. The third-order valence-electron chi connectivity index (χ3n) is 3.96. The van der Waals surface area contributed by atoms with Gasteiger partial charge in [0.25, 0.3) is 0 Å². The van der Waals surface area contributed by atoms with Gasteiger partial charge in [0.1, 0.15) is 5.75 Å². The molecule has 0 saturated heterocycles. The Morgan fingerprint density at radius 3 is 2.75 bits per heavy atom. The number of rotatable bonds is 3. The van der Waals surface area contributed by atoms with Gasteiger partial charge >= 0.3 is 0 Å². The van der Waals surface area contributed by atoms with Gasteiger partial charge in [0, 0.05) is 12.0 Å². The molecule has 1 unspecified atom stereocenters. The Labute approximate surface area is 119 Å². The maximum absolute atomic E-state index is 12.5. The summed E-state index contributed by atoms with van der Waals surface area (Å²) in [7, 11) is 0. The van der Waals surface area contributed by atoms with Crippen LogP contribution in [0.4, 0.5) is 0 Å². The number of carbonyl (C=O) groups is 1. The van der Waals surface area contributed by atoms with Gasteiger partial charge in [-0.15, -0.1) is 0 Å². The van der Waals surface area contributed by atoms with Crippen molar-refractivity contribution in [1.29, 1.82) is 0 Å². The molecular weight excluding hydrogens is 248 g/mol. The summed E-state index contributed by atoms with van der Waals surface area (Å²) in [4.78, 5) is 12.5. The van der Waals surface area contributed by atoms with Crippen LogP contribution in [0.5, 0.6) is 5.75 Å². The molecule has 0 bridgehead atoms. The van der Waals surface area contributed by atoms with E-state index in [-0.39, 0.29) is 11.7 Å². The van der Waals surface area contributed by atoms with Crippen LogP contribution in [0.25, 0.3) is 0 Å². The number of ether oxygens (including phenoxy) is 1. The molecule has 0 radical (unpaired) electrons. The predicted molar refractivity (Wildman–Crippen MR) is 79.4 cm³/mol. The second-order valence-electron chi connectivity index (χ2n) is 5.31. The molecule has 0 N–H and O–H groups in total. The second kappa shape index (κ2) is 5.49. The zero-order valence-electron chi connectivity index (χ0n) is 11.6. The first kappa shape index (κ1) is 12.9. The monoisotopic (exact) mass is 266 g/mol. The highest BCUT2D eigenvalue weighted by Gasteiger charge is 2.24. The number of ketones is 1. The minimum Gasteiger partial charge on any atom is -0.493 e. The lowest BCUT2D eigenvalue weighted by Crippen LogP contribution is -2.17. The van der Waals surface area contributed by atoms with Gasteiger partial charge in [-0.1, -0.05) is 42.5 Å². The molecule has 2 aromatic rings. The van der Waals surface area contributed by atoms with Crippen LogP contribution < -0.4 is 4.74 Å². The Morgan fingerprint density at radius 2 is 1.90 bits per heavy atom. The van der Waals surface area contributed by atoms with Crippen molar-refractivity contribution >= 4 is 5.78 Å². The van der Waals surface area contributed by atoms with E-state index in [4.69, 9.17) is 4.74 Å². The van der Waals surface area contributed by atoms with Crippen molar-refractivity contribution in [3.63, 3.8) is 0 Å². The Hall–Kier alpha value is -2.09. The van der Waals surface area contributed by atoms with Gasteiger partial charge in [-0.3, -0.25) is 4.79 Å². The molecule has 1 atom stereocenters. The van der Waals surface area contributed by atoms with Gasteiger partial charge in [0.05, 0.1) is 6.61 Å². The Morgan fingerprint density at radius 1 is 1.15 bits per heavy atom. The minimum atomic E-state index is 0.227. The van der Waals surface area contributed by atoms with Crippen molar-refractivity contribution in [3.8, 4) is 5.75 Å². The number of carbonyl (C=O) groups excluding carboxylic acids is 1. The quantitative estimate of drug-likeness (QED) is 0.781. The van der Waals surface area contributed by atoms with Crippen LogP contribution >= 0.6 is 0 Å². The summed E-state index contributed by atoms with van der Waals surface area (Å²) in [6, 6.07) is 15.9. The summed E-state index contributed by atoms with van der Waals surface area (Å²) in [5.41, 5.74) is 3.06. The Bertz CT molecular complexity index is 631. The molecule has 0 saturated carbocycles. The molecule has 2 aromatic carbocycles. The molecular formula is C18H18O2. The van der Waals surface area contributed by atoms with Crippen LogP contribution in [-0.2, 0) is 0 Å². The minimum absolute atomic E-state index is 0.227. The van der Waals surface area contributed by atoms with Crippen molar-refractivity contribution in [2.75, 3.05) is 6.61 Å². The van der Waals surface area contributed by atoms with Crippen molar-refractivity contribution in [3.05, 3.63) is 65.2 Å². The molecule has 3 rings (SSSR count). The maximum atomic E-state index is 12.5. The summed E-state index contributed by atoms with van der Waals surface area (Å²) in [5, 5.41) is 0. The number of fused-ring (bicyclic) bond motifs is 1. The SMILES string of the molecule is Cc1ccccc1C(=O)CC1CCOc2ccccc21. The van der Waals surface area contributed by atoms with E-state index in [0.717, 1.165) is 23.3 Å². The van der Waals surface area contributed by atoms with E-state index in [2.05, 4.69) is 6.07 Å². The van der Waals surface area contributed by atoms with Gasteiger partial charge in [-0.2, -0.15) is 0 Å². The van der Waals surface area contributed by atoms with Crippen LogP contribution in [-0.4, -0.2) is 12.4 Å². The first-order valence-corrected chi connectivity index (χ1v) is 7.06. The lowest BCUT2D eigenvalue weighted by molar-refractivity contribution is 0.0965. The molecule has 2 nitrogen and oxygen atoms in total. The summed E-state index contributed by atoms with van der Waals surface area (Å²) >= 11 is 0. The fourth-order valence-electron chi connectivity index (χ4n) is 2.85. The van der Waals surface area contributed by atoms with Crippen molar-refractivity contribution < 1.29 is 9.53 Å². The zero-order valence-corrected chi connectivity index (χ0v) is 11.6. The molecule has 0 spiro atoms. The van der Waals surface area contributed by atoms with Crippen LogP contribution in [0.1, 0.15) is 40.2 Å². The van der Waals surface area contributed by atoms with Gasteiger partial charge < -0.3 is 4.74 Å². The molecule has 2 heteroatoms. The fourth-order valence-corrected chi connectivity index (χ4v) is 2.85. The standard InChI is InChI=1S/C18H18O2/c1-13-6-2-3-7-15(13)17(19)12-14-10-11-20-18-9-5-4-8-16(14)18/h2-9,14H,10-12H2,1H3. The summed E-state index contributed by atoms with van der Waals surface area (Å²) in [6.45, 7) is 2.69. The van der Waals surface area contributed by atoms with Gasteiger partial charge in [-0.25, -0.2) is 0 Å². The number of benzene rings is 2. The summed E-state index contributed by atoms with van der Waals surface area (Å²) in [6.07, 6.45) is 1.47. The third kappa shape index (κ3) is 2.46. The number of Topliss-reactive ketones (excluding diaryl/α,β-unsaturated/α-hetero) is 1. The zero-order chi connectivity index (χ0) is 13.9. The smallest absolute Gasteiger partial charge is 0.163 e. The van der Waals surface area contributed by atoms with Gasteiger partial charge in [0.15, 0.2) is 5.78 Å². The highest BCUT2D eigenvalue weighted by molar-refractivity contribution is 5.97. The number of aryl methyl sites for hydroxylation is 1. The maximum Gasteiger partial charge on any atom is 0.163 e. The van der Waals surface area contributed by atoms with E-state index >= 15 is 0 Å². The van der Waals surface area contributed by atoms with Crippen LogP contribution in [0.3, 0.4) is 0 Å². The average molecular weight is 266 g/mol. The topological polar surface area (TPSA) is 26.3 Å². The molecule has 1 aliphatic heterocycles. The van der Waals surface area contributed by atoms with E-state index in [0.29, 0.717) is 13.0 Å². The molecule has 102 valence electrons. The summed E-state index contributed by atoms with van der Waals surface area (Å²) in [5.74, 6) is 1.43. The van der Waals surface area contributed by atoms with Gasteiger partial charge in [0.2, 0.25) is 0 Å². The predicted octanol–water partition coefficient (Wildman–Crippen LogP) is 4.13. The van der Waals surface area contributed by atoms with E-state index in [9.17, 15) is 4.79 Å². The number of hydrogen-bond donors (Lipinski definition) is 0. The number of para-hydroxylation sites is 1. The molecule has 20 heavy (non-hydrogen) atoms. The molecule has 1 heterocycles. The van der Waals surface area contributed by atoms with Crippen molar-refractivity contribution in [1.82, 2.24) is 0 Å². The molecule has 0 fully saturated rings. The van der Waals surface area contributed by atoms with E-state index < -0.39 is 0 Å².